The summed E-state index contributed by atoms with van der Waals surface area (Å²) in [6, 6.07) is 17.5. The van der Waals surface area contributed by atoms with E-state index in [1.807, 2.05) is 0 Å². The molecule has 6 nitrogen and oxygen atoms in total. The van der Waals surface area contributed by atoms with Crippen LogP contribution in [0.1, 0.15) is 25.0 Å². The first kappa shape index (κ1) is 21.9. The summed E-state index contributed by atoms with van der Waals surface area (Å²) in [4.78, 5) is 4.82. The van der Waals surface area contributed by atoms with Gasteiger partial charge in [0.05, 0.1) is 23.0 Å². The van der Waals surface area contributed by atoms with Crippen molar-refractivity contribution in [2.45, 2.75) is 26.8 Å². The minimum Gasteiger partial charge on any atom is -0.369 e. The quantitative estimate of drug-likeness (QED) is 0.371. The summed E-state index contributed by atoms with van der Waals surface area (Å²) in [6.07, 6.45) is 0. The number of hydrogen-bond acceptors (Lipinski definition) is 3. The molecule has 1 saturated heterocycles. The van der Waals surface area contributed by atoms with Gasteiger partial charge in [-0.1, -0.05) is 24.3 Å². The van der Waals surface area contributed by atoms with Gasteiger partial charge in [-0.15, -0.1) is 0 Å². The fraction of sp³-hybridized carbons (Fsp3) is 0.346. The number of hydrogen-bond donors (Lipinski definition) is 2. The number of piperazine rings is 1. The van der Waals surface area contributed by atoms with Crippen molar-refractivity contribution in [3.05, 3.63) is 59.7 Å². The van der Waals surface area contributed by atoms with Crippen LogP contribution < -0.4 is 14.9 Å². The Labute approximate surface area is 190 Å². The zero-order valence-electron chi connectivity index (χ0n) is 19.5. The van der Waals surface area contributed by atoms with Gasteiger partial charge in [0.1, 0.15) is 0 Å². The molecule has 4 rings (SSSR count). The van der Waals surface area contributed by atoms with Gasteiger partial charge in [-0.3, -0.25) is 10.4 Å². The van der Waals surface area contributed by atoms with Crippen molar-refractivity contribution in [2.75, 3.05) is 38.1 Å². The van der Waals surface area contributed by atoms with Gasteiger partial charge in [0.2, 0.25) is 0 Å². The molecule has 2 aromatic carbocycles. The number of amidine groups is 1. The van der Waals surface area contributed by atoms with E-state index >= 15 is 0 Å². The molecular weight excluding hydrogens is 396 g/mol. The summed E-state index contributed by atoms with van der Waals surface area (Å²) in [5, 5.41) is 11.2. The summed E-state index contributed by atoms with van der Waals surface area (Å²) in [5.41, 5.74) is 7.59. The van der Waals surface area contributed by atoms with Crippen LogP contribution in [0.2, 0.25) is 0 Å². The van der Waals surface area contributed by atoms with E-state index in [-0.39, 0.29) is 6.04 Å². The molecule has 2 N–H and O–H groups in total. The molecule has 0 radical (unpaired) electrons. The SMILES string of the molecule is C=[N+]=C(NC(C)C)c1cc(-c2cc(-c3ccc(N4CCN(C)CC4)cc3)[nH]n2)ccc1C. The zero-order valence-corrected chi connectivity index (χ0v) is 19.5. The highest BCUT2D eigenvalue weighted by molar-refractivity contribution is 6.00. The van der Waals surface area contributed by atoms with Crippen LogP contribution in [0.4, 0.5) is 5.69 Å². The molecule has 0 unspecified atom stereocenters. The number of rotatable bonds is 5. The normalized spacial score (nSPS) is 14.5. The first-order valence-corrected chi connectivity index (χ1v) is 11.3. The third-order valence-corrected chi connectivity index (χ3v) is 6.00. The monoisotopic (exact) mass is 429 g/mol. The molecule has 0 spiro atoms. The van der Waals surface area contributed by atoms with Crippen LogP contribution in [0, 0.1) is 6.92 Å². The Balaban J connectivity index is 1.55. The molecule has 0 atom stereocenters. The van der Waals surface area contributed by atoms with Crippen LogP contribution in [0.25, 0.3) is 22.5 Å². The second kappa shape index (κ2) is 9.43. The van der Waals surface area contributed by atoms with Crippen molar-refractivity contribution in [3.63, 3.8) is 0 Å². The van der Waals surface area contributed by atoms with Crippen LogP contribution in [0.3, 0.4) is 0 Å². The molecule has 32 heavy (non-hydrogen) atoms. The van der Waals surface area contributed by atoms with Crippen molar-refractivity contribution in [1.82, 2.24) is 25.1 Å². The predicted octanol–water partition coefficient (Wildman–Crippen LogP) is 3.32. The maximum Gasteiger partial charge on any atom is 0.374 e. The molecule has 1 fully saturated rings. The highest BCUT2D eigenvalue weighted by Crippen LogP contribution is 2.27. The third-order valence-electron chi connectivity index (χ3n) is 6.00. The highest BCUT2D eigenvalue weighted by atomic mass is 15.2. The average molecular weight is 430 g/mol. The van der Waals surface area contributed by atoms with E-state index in [1.165, 1.54) is 5.69 Å². The summed E-state index contributed by atoms with van der Waals surface area (Å²) < 4.78 is 4.22. The molecule has 1 aromatic heterocycles. The minimum atomic E-state index is 0.282. The van der Waals surface area contributed by atoms with E-state index in [4.69, 9.17) is 0 Å². The van der Waals surface area contributed by atoms with Gasteiger partial charge in [0.15, 0.2) is 6.72 Å². The average Bonchev–Trinajstić information content (AvgIpc) is 3.29. The maximum atomic E-state index is 4.58. The van der Waals surface area contributed by atoms with Crippen LogP contribution in [-0.2, 0) is 0 Å². The van der Waals surface area contributed by atoms with E-state index in [9.17, 15) is 0 Å². The number of H-pyrrole nitrogens is 1. The third kappa shape index (κ3) is 4.77. The number of nitrogens with one attached hydrogen (secondary N) is 2. The van der Waals surface area contributed by atoms with Gasteiger partial charge in [-0.2, -0.15) is 5.10 Å². The lowest BCUT2D eigenvalue weighted by Gasteiger charge is -2.34. The Bertz CT molecular complexity index is 1110. The topological polar surface area (TPSA) is 61.3 Å². The molecule has 1 aliphatic rings. The lowest BCUT2D eigenvalue weighted by Crippen LogP contribution is -2.44. The van der Waals surface area contributed by atoms with Crippen molar-refractivity contribution in [1.29, 1.82) is 0 Å². The fourth-order valence-corrected chi connectivity index (χ4v) is 4.05. The second-order valence-electron chi connectivity index (χ2n) is 8.84. The second-order valence-corrected chi connectivity index (χ2v) is 8.84. The minimum absolute atomic E-state index is 0.282. The summed E-state index contributed by atoms with van der Waals surface area (Å²) in [6.45, 7) is 14.4. The molecule has 3 aromatic rings. The molecule has 2 heterocycles. The molecule has 0 aliphatic carbocycles. The Kier molecular flexibility index (Phi) is 6.45. The first-order valence-electron chi connectivity index (χ1n) is 11.3. The number of likely N-dealkylation sites (N-methyl/N-ethyl adjacent to an activating group) is 1. The first-order chi connectivity index (χ1) is 15.4. The molecule has 0 bridgehead atoms. The standard InChI is InChI=1S/C26H32N6/c1-18(2)28-26(27-4)23-16-21(7-6-19(23)3)25-17-24(29-30-25)20-8-10-22(11-9-20)32-14-12-31(5)13-15-32/h6-11,16-18H,4,12-15H2,1-3,5H3,(H,29,30)/p+1. The van der Waals surface area contributed by atoms with Crippen molar-refractivity contribution in [2.24, 2.45) is 0 Å². The Morgan fingerprint density at radius 3 is 2.38 bits per heavy atom. The van der Waals surface area contributed by atoms with Crippen LogP contribution in [0.15, 0.2) is 48.5 Å². The molecule has 1 aliphatic heterocycles. The number of nitrogens with zero attached hydrogens (tertiary/aromatic N) is 4. The van der Waals surface area contributed by atoms with Gasteiger partial charge in [-0.05, 0) is 63.2 Å². The van der Waals surface area contributed by atoms with Gasteiger partial charge in [-0.25, -0.2) is 4.67 Å². The summed E-state index contributed by atoms with van der Waals surface area (Å²) in [7, 11) is 2.18. The Morgan fingerprint density at radius 1 is 1.03 bits per heavy atom. The van der Waals surface area contributed by atoms with Crippen LogP contribution in [0.5, 0.6) is 0 Å². The smallest absolute Gasteiger partial charge is 0.369 e. The zero-order chi connectivity index (χ0) is 22.7. The molecule has 166 valence electrons. The van der Waals surface area contributed by atoms with Gasteiger partial charge in [0, 0.05) is 37.4 Å². The van der Waals surface area contributed by atoms with E-state index in [2.05, 4.69) is 113 Å². The number of aryl methyl sites for hydroxylation is 1. The van der Waals surface area contributed by atoms with Gasteiger partial charge >= 0.3 is 5.84 Å². The lowest BCUT2D eigenvalue weighted by molar-refractivity contribution is 0.313. The predicted molar refractivity (Wildman–Crippen MR) is 136 cm³/mol. The van der Waals surface area contributed by atoms with Crippen molar-refractivity contribution >= 4 is 18.2 Å². The Hall–Kier alpha value is -3.34. The van der Waals surface area contributed by atoms with Crippen LogP contribution in [-0.4, -0.2) is 66.9 Å². The van der Waals surface area contributed by atoms with Crippen molar-refractivity contribution in [3.8, 4) is 22.5 Å². The largest absolute Gasteiger partial charge is 0.374 e. The van der Waals surface area contributed by atoms with Crippen LogP contribution >= 0.6 is 0 Å². The highest BCUT2D eigenvalue weighted by Gasteiger charge is 2.18. The molecule has 0 amide bonds. The van der Waals surface area contributed by atoms with E-state index in [0.717, 1.165) is 65.7 Å². The summed E-state index contributed by atoms with van der Waals surface area (Å²) in [5.74, 6) is 0.801. The van der Waals surface area contributed by atoms with Crippen molar-refractivity contribution < 1.29 is 0 Å². The molecular formula is C26H33N6+. The van der Waals surface area contributed by atoms with E-state index in [0.29, 0.717) is 0 Å². The number of aromatic nitrogens is 2. The van der Waals surface area contributed by atoms with E-state index in [1.54, 1.807) is 0 Å². The number of benzene rings is 2. The lowest BCUT2D eigenvalue weighted by atomic mass is 10.0. The van der Waals surface area contributed by atoms with E-state index < -0.39 is 0 Å². The summed E-state index contributed by atoms with van der Waals surface area (Å²) >= 11 is 0. The fourth-order valence-electron chi connectivity index (χ4n) is 4.05. The van der Waals surface area contributed by atoms with Gasteiger partial charge in [0.25, 0.3) is 0 Å². The Morgan fingerprint density at radius 2 is 1.72 bits per heavy atom. The number of anilines is 1. The number of aromatic amines is 1. The maximum absolute atomic E-state index is 4.58. The molecule has 6 heteroatoms. The van der Waals surface area contributed by atoms with Gasteiger partial charge < -0.3 is 9.80 Å². The molecule has 0 saturated carbocycles.